The van der Waals surface area contributed by atoms with Gasteiger partial charge in [-0.05, 0) is 17.3 Å². The zero-order chi connectivity index (χ0) is 9.35. The van der Waals surface area contributed by atoms with Crippen molar-refractivity contribution in [3.05, 3.63) is 28.2 Å². The van der Waals surface area contributed by atoms with Gasteiger partial charge in [-0.3, -0.25) is 0 Å². The summed E-state index contributed by atoms with van der Waals surface area (Å²) in [6.45, 7) is 2.98. The molecule has 0 aromatic heterocycles. The molecule has 0 fully saturated rings. The third kappa shape index (κ3) is 2.49. The number of hydrogen-bond donors (Lipinski definition) is 0. The average Bonchev–Trinajstić information content (AvgIpc) is 1.92. The lowest BCUT2D eigenvalue weighted by atomic mass is 10.4. The lowest BCUT2D eigenvalue weighted by Gasteiger charge is -2.14. The van der Waals surface area contributed by atoms with E-state index in [0.717, 1.165) is 0 Å². The van der Waals surface area contributed by atoms with Crippen molar-refractivity contribution < 1.29 is 0 Å². The van der Waals surface area contributed by atoms with Gasteiger partial charge in [-0.15, -0.1) is 15.3 Å². The van der Waals surface area contributed by atoms with Crippen molar-refractivity contribution >= 4 is 50.4 Å². The van der Waals surface area contributed by atoms with E-state index >= 15 is 0 Å². The van der Waals surface area contributed by atoms with Gasteiger partial charge < -0.3 is 0 Å². The summed E-state index contributed by atoms with van der Waals surface area (Å²) in [4.78, 5) is 0. The molecule has 0 unspecified atom stereocenters. The third-order valence-corrected chi connectivity index (χ3v) is 5.40. The van der Waals surface area contributed by atoms with Crippen LogP contribution in [0.5, 0.6) is 0 Å². The van der Waals surface area contributed by atoms with Crippen molar-refractivity contribution in [1.29, 1.82) is 0 Å². The molecule has 1 aromatic carbocycles. The Balaban J connectivity index is 3.14. The Bertz CT molecular complexity index is 294. The maximum atomic E-state index is 5.89. The van der Waals surface area contributed by atoms with Gasteiger partial charge in [0.1, 0.15) is 0 Å². The SMILES string of the molecule is C[Si](C)(Br)c1ccc(Cl)c(Cl)c1. The molecule has 1 aromatic rings. The van der Waals surface area contributed by atoms with E-state index < -0.39 is 6.69 Å². The summed E-state index contributed by atoms with van der Waals surface area (Å²) >= 11 is 15.4. The minimum atomic E-state index is -1.42. The van der Waals surface area contributed by atoms with Crippen LogP contribution in [0.3, 0.4) is 0 Å². The minimum absolute atomic E-state index is 0.617. The molecule has 0 aliphatic rings. The van der Waals surface area contributed by atoms with Crippen LogP contribution in [0.2, 0.25) is 23.1 Å². The molecule has 0 heterocycles. The van der Waals surface area contributed by atoms with E-state index in [1.54, 1.807) is 0 Å². The maximum absolute atomic E-state index is 5.89. The fourth-order valence-electron chi connectivity index (χ4n) is 0.866. The highest BCUT2D eigenvalue weighted by atomic mass is 79.9. The topological polar surface area (TPSA) is 0 Å². The second-order valence-electron chi connectivity index (χ2n) is 3.10. The minimum Gasteiger partial charge on any atom is -0.121 e. The lowest BCUT2D eigenvalue weighted by Crippen LogP contribution is -2.34. The normalized spacial score (nSPS) is 11.8. The Morgan fingerprint density at radius 1 is 1.17 bits per heavy atom. The molecule has 0 bridgehead atoms. The van der Waals surface area contributed by atoms with Gasteiger partial charge in [0.15, 0.2) is 6.69 Å². The van der Waals surface area contributed by atoms with Crippen LogP contribution in [0.25, 0.3) is 0 Å². The monoisotopic (exact) mass is 282 g/mol. The van der Waals surface area contributed by atoms with Crippen molar-refractivity contribution in [3.63, 3.8) is 0 Å². The Hall–Kier alpha value is 0.497. The van der Waals surface area contributed by atoms with Gasteiger partial charge in [0.25, 0.3) is 0 Å². The molecular weight excluding hydrogens is 275 g/mol. The summed E-state index contributed by atoms with van der Waals surface area (Å²) in [6, 6.07) is 5.80. The molecule has 12 heavy (non-hydrogen) atoms. The van der Waals surface area contributed by atoms with Crippen LogP contribution >= 0.6 is 38.5 Å². The van der Waals surface area contributed by atoms with E-state index in [9.17, 15) is 0 Å². The average molecular weight is 284 g/mol. The fraction of sp³-hybridized carbons (Fsp3) is 0.250. The van der Waals surface area contributed by atoms with E-state index in [-0.39, 0.29) is 0 Å². The van der Waals surface area contributed by atoms with Gasteiger partial charge in [-0.25, -0.2) is 0 Å². The third-order valence-electron chi connectivity index (χ3n) is 1.61. The van der Waals surface area contributed by atoms with Crippen molar-refractivity contribution in [1.82, 2.24) is 0 Å². The zero-order valence-electron chi connectivity index (χ0n) is 6.87. The quantitative estimate of drug-likeness (QED) is 0.543. The van der Waals surface area contributed by atoms with Crippen molar-refractivity contribution in [2.24, 2.45) is 0 Å². The molecule has 0 radical (unpaired) electrons. The van der Waals surface area contributed by atoms with E-state index in [1.165, 1.54) is 5.19 Å². The fourth-order valence-corrected chi connectivity index (χ4v) is 2.96. The van der Waals surface area contributed by atoms with Crippen molar-refractivity contribution in [3.8, 4) is 0 Å². The smallest absolute Gasteiger partial charge is 0.121 e. The molecule has 0 saturated carbocycles. The van der Waals surface area contributed by atoms with Gasteiger partial charge in [-0.1, -0.05) is 42.4 Å². The van der Waals surface area contributed by atoms with E-state index in [0.29, 0.717) is 10.0 Å². The number of halogens is 3. The van der Waals surface area contributed by atoms with Gasteiger partial charge in [0.05, 0.1) is 10.0 Å². The molecule has 0 aliphatic carbocycles. The predicted molar refractivity (Wildman–Crippen MR) is 62.5 cm³/mol. The molecule has 66 valence electrons. The van der Waals surface area contributed by atoms with Crippen LogP contribution in [0.4, 0.5) is 0 Å². The Morgan fingerprint density at radius 3 is 2.17 bits per heavy atom. The van der Waals surface area contributed by atoms with E-state index in [1.807, 2.05) is 18.2 Å². The summed E-state index contributed by atoms with van der Waals surface area (Å²) in [5.41, 5.74) is 0. The summed E-state index contributed by atoms with van der Waals surface area (Å²) in [6.07, 6.45) is 0. The summed E-state index contributed by atoms with van der Waals surface area (Å²) in [5, 5.41) is 2.51. The van der Waals surface area contributed by atoms with Gasteiger partial charge in [0, 0.05) is 0 Å². The van der Waals surface area contributed by atoms with Gasteiger partial charge in [0.2, 0.25) is 0 Å². The summed E-state index contributed by atoms with van der Waals surface area (Å²) < 4.78 is 0. The Kier molecular flexibility index (Phi) is 3.26. The molecule has 4 heteroatoms. The largest absolute Gasteiger partial charge is 0.154 e. The standard InChI is InChI=1S/C8H9BrCl2Si/c1-12(2,9)6-3-4-7(10)8(11)5-6/h3-5H,1-2H3. The molecule has 0 atom stereocenters. The van der Waals surface area contributed by atoms with Crippen LogP contribution in [-0.4, -0.2) is 6.69 Å². The van der Waals surface area contributed by atoms with Crippen LogP contribution in [0.1, 0.15) is 0 Å². The van der Waals surface area contributed by atoms with E-state index in [2.05, 4.69) is 28.4 Å². The van der Waals surface area contributed by atoms with E-state index in [4.69, 9.17) is 23.2 Å². The highest BCUT2D eigenvalue weighted by molar-refractivity contribution is 9.26. The number of benzene rings is 1. The first-order valence-corrected chi connectivity index (χ1v) is 9.57. The molecular formula is C8H9BrCl2Si. The predicted octanol–water partition coefficient (Wildman–Crippen LogP) is 3.80. The summed E-state index contributed by atoms with van der Waals surface area (Å²) in [7, 11) is 0. The highest BCUT2D eigenvalue weighted by Gasteiger charge is 2.19. The van der Waals surface area contributed by atoms with Gasteiger partial charge >= 0.3 is 0 Å². The van der Waals surface area contributed by atoms with Crippen LogP contribution < -0.4 is 5.19 Å². The first-order chi connectivity index (χ1) is 5.41. The van der Waals surface area contributed by atoms with Crippen LogP contribution in [0.15, 0.2) is 18.2 Å². The first kappa shape index (κ1) is 10.6. The maximum Gasteiger partial charge on any atom is 0.154 e. The molecule has 0 N–H and O–H groups in total. The molecule has 0 aliphatic heterocycles. The molecule has 1 rings (SSSR count). The second kappa shape index (κ2) is 3.70. The molecule has 0 saturated heterocycles. The summed E-state index contributed by atoms with van der Waals surface area (Å²) in [5.74, 6) is 0. The Labute approximate surface area is 91.5 Å². The number of hydrogen-bond acceptors (Lipinski definition) is 0. The van der Waals surface area contributed by atoms with Crippen LogP contribution in [0, 0.1) is 0 Å². The Morgan fingerprint density at radius 2 is 1.75 bits per heavy atom. The molecule has 0 amide bonds. The lowest BCUT2D eigenvalue weighted by molar-refractivity contribution is 1.73. The molecule has 0 nitrogen and oxygen atoms in total. The zero-order valence-corrected chi connectivity index (χ0v) is 11.0. The highest BCUT2D eigenvalue weighted by Crippen LogP contribution is 2.22. The van der Waals surface area contributed by atoms with Crippen LogP contribution in [-0.2, 0) is 0 Å². The second-order valence-corrected chi connectivity index (χ2v) is 13.4. The van der Waals surface area contributed by atoms with Crippen molar-refractivity contribution in [2.75, 3.05) is 0 Å². The first-order valence-electron chi connectivity index (χ1n) is 3.55. The van der Waals surface area contributed by atoms with Crippen molar-refractivity contribution in [2.45, 2.75) is 13.1 Å². The van der Waals surface area contributed by atoms with Gasteiger partial charge in [-0.2, -0.15) is 0 Å². The number of rotatable bonds is 1. The molecule has 0 spiro atoms.